The summed E-state index contributed by atoms with van der Waals surface area (Å²) >= 11 is 1.79. The molecule has 2 aliphatic heterocycles. The van der Waals surface area contributed by atoms with Gasteiger partial charge in [0.2, 0.25) is 0 Å². The minimum atomic E-state index is -0.891. The molecule has 11 heteroatoms. The monoisotopic (exact) mass is 497 g/mol. The van der Waals surface area contributed by atoms with Gasteiger partial charge in [0.25, 0.3) is 0 Å². The number of nitrogens with zero attached hydrogens (tertiary/aromatic N) is 6. The highest BCUT2D eigenvalue weighted by Gasteiger charge is 2.23. The Morgan fingerprint density at radius 2 is 1.94 bits per heavy atom. The van der Waals surface area contributed by atoms with Crippen molar-refractivity contribution in [3.05, 3.63) is 35.3 Å². The van der Waals surface area contributed by atoms with Crippen LogP contribution in [0.2, 0.25) is 0 Å². The Labute approximate surface area is 204 Å². The summed E-state index contributed by atoms with van der Waals surface area (Å²) in [6.45, 7) is 7.46. The van der Waals surface area contributed by atoms with Gasteiger partial charge in [0.05, 0.1) is 46.1 Å². The molecule has 9 nitrogen and oxygen atoms in total. The number of anilines is 1. The van der Waals surface area contributed by atoms with E-state index >= 15 is 0 Å². The molecule has 1 N–H and O–H groups in total. The third-order valence-corrected chi connectivity index (χ3v) is 8.71. The molecular weight excluding hydrogens is 470 g/mol. The molecule has 0 saturated carbocycles. The number of hydrogen-bond acceptors (Lipinski definition) is 8. The Hall–Kier alpha value is -2.44. The third kappa shape index (κ3) is 4.22. The van der Waals surface area contributed by atoms with E-state index in [1.807, 2.05) is 22.6 Å². The van der Waals surface area contributed by atoms with Crippen molar-refractivity contribution < 1.29 is 8.95 Å². The molecule has 0 bridgehead atoms. The van der Waals surface area contributed by atoms with Gasteiger partial charge in [-0.3, -0.25) is 10.00 Å². The average Bonchev–Trinajstić information content (AvgIpc) is 3.50. The number of morpholine rings is 1. The molecule has 2 saturated heterocycles. The second kappa shape index (κ2) is 9.31. The van der Waals surface area contributed by atoms with E-state index in [1.54, 1.807) is 17.6 Å². The van der Waals surface area contributed by atoms with Crippen molar-refractivity contribution in [1.29, 1.82) is 0 Å². The fourth-order valence-corrected chi connectivity index (χ4v) is 6.51. The fourth-order valence-electron chi connectivity index (χ4n) is 4.68. The van der Waals surface area contributed by atoms with E-state index < -0.39 is 11.0 Å². The number of fused-ring (bicyclic) bond motifs is 2. The summed E-state index contributed by atoms with van der Waals surface area (Å²) < 4.78 is 20.5. The molecule has 1 atom stereocenters. The molecule has 34 heavy (non-hydrogen) atoms. The molecule has 1 aromatic carbocycles. The van der Waals surface area contributed by atoms with Gasteiger partial charge in [-0.25, -0.2) is 18.5 Å². The highest BCUT2D eigenvalue weighted by molar-refractivity contribution is 7.81. The maximum absolute atomic E-state index is 11.8. The van der Waals surface area contributed by atoms with Crippen LogP contribution in [-0.2, 0) is 22.3 Å². The van der Waals surface area contributed by atoms with Crippen LogP contribution in [0.1, 0.15) is 4.88 Å². The molecule has 0 spiro atoms. The van der Waals surface area contributed by atoms with Crippen molar-refractivity contribution in [1.82, 2.24) is 29.4 Å². The van der Waals surface area contributed by atoms with Crippen LogP contribution in [0.25, 0.3) is 32.5 Å². The van der Waals surface area contributed by atoms with Crippen LogP contribution in [0.4, 0.5) is 5.82 Å². The van der Waals surface area contributed by atoms with Gasteiger partial charge in [-0.1, -0.05) is 12.1 Å². The van der Waals surface area contributed by atoms with Crippen molar-refractivity contribution in [2.75, 3.05) is 63.6 Å². The number of piperazine rings is 1. The standard InChI is InChI=1S/C23H27N7O2S2/c1-34(31)30-7-5-28(6-8-30)15-16-13-20-21(33-16)23(29-9-11-32-12-10-29)26-22(25-20)17-3-2-4-19-18(17)14-24-27-19/h2-4,13-14H,5-12,15H2,1H3,(H,24,27). The van der Waals surface area contributed by atoms with E-state index in [0.29, 0.717) is 13.2 Å². The largest absolute Gasteiger partial charge is 0.378 e. The Kier molecular flexibility index (Phi) is 6.04. The van der Waals surface area contributed by atoms with Crippen LogP contribution < -0.4 is 4.90 Å². The topological polar surface area (TPSA) is 90.5 Å². The molecule has 178 valence electrons. The number of aromatic amines is 1. The molecule has 6 rings (SSSR count). The van der Waals surface area contributed by atoms with Gasteiger partial charge in [-0.05, 0) is 12.1 Å². The second-order valence-electron chi connectivity index (χ2n) is 8.66. The molecular formula is C23H27N7O2S2. The molecule has 2 fully saturated rings. The average molecular weight is 498 g/mol. The van der Waals surface area contributed by atoms with Crippen molar-refractivity contribution in [3.63, 3.8) is 0 Å². The first-order chi connectivity index (χ1) is 16.7. The Morgan fingerprint density at radius 1 is 1.12 bits per heavy atom. The predicted octanol–water partition coefficient (Wildman–Crippen LogP) is 2.48. The number of H-pyrrole nitrogens is 1. The Bertz CT molecular complexity index is 1340. The summed E-state index contributed by atoms with van der Waals surface area (Å²) in [5.41, 5.74) is 2.95. The normalized spacial score (nSPS) is 19.3. The van der Waals surface area contributed by atoms with Crippen LogP contribution >= 0.6 is 11.3 Å². The first-order valence-electron chi connectivity index (χ1n) is 11.5. The smallest absolute Gasteiger partial charge is 0.162 e. The van der Waals surface area contributed by atoms with Gasteiger partial charge in [-0.15, -0.1) is 11.3 Å². The first kappa shape index (κ1) is 22.1. The van der Waals surface area contributed by atoms with Crippen LogP contribution in [0.15, 0.2) is 30.5 Å². The number of rotatable bonds is 5. The van der Waals surface area contributed by atoms with E-state index in [9.17, 15) is 4.21 Å². The quantitative estimate of drug-likeness (QED) is 0.453. The van der Waals surface area contributed by atoms with Gasteiger partial charge in [0, 0.05) is 67.9 Å². The highest BCUT2D eigenvalue weighted by atomic mass is 32.2. The molecule has 2 aliphatic rings. The van der Waals surface area contributed by atoms with E-state index in [2.05, 4.69) is 32.1 Å². The minimum absolute atomic E-state index is 0.708. The molecule has 0 amide bonds. The zero-order valence-electron chi connectivity index (χ0n) is 19.1. The molecule has 0 aliphatic carbocycles. The lowest BCUT2D eigenvalue weighted by Crippen LogP contribution is -2.46. The van der Waals surface area contributed by atoms with Crippen molar-refractivity contribution >= 4 is 49.3 Å². The number of thiophene rings is 1. The Balaban J connectivity index is 1.37. The van der Waals surface area contributed by atoms with Gasteiger partial charge in [0.15, 0.2) is 11.6 Å². The lowest BCUT2D eigenvalue weighted by Gasteiger charge is -2.32. The number of nitrogens with one attached hydrogen (secondary N) is 1. The number of hydrogen-bond donors (Lipinski definition) is 1. The second-order valence-corrected chi connectivity index (χ2v) is 11.2. The number of aromatic nitrogens is 4. The highest BCUT2D eigenvalue weighted by Crippen LogP contribution is 2.36. The molecule has 0 radical (unpaired) electrons. The minimum Gasteiger partial charge on any atom is -0.378 e. The summed E-state index contributed by atoms with van der Waals surface area (Å²) in [7, 11) is -0.891. The Morgan fingerprint density at radius 3 is 2.74 bits per heavy atom. The van der Waals surface area contributed by atoms with Gasteiger partial charge in [-0.2, -0.15) is 5.10 Å². The summed E-state index contributed by atoms with van der Waals surface area (Å²) in [6.07, 6.45) is 3.60. The lowest BCUT2D eigenvalue weighted by atomic mass is 10.1. The summed E-state index contributed by atoms with van der Waals surface area (Å²) in [6, 6.07) is 8.31. The van der Waals surface area contributed by atoms with Crippen molar-refractivity contribution in [2.24, 2.45) is 0 Å². The van der Waals surface area contributed by atoms with Crippen molar-refractivity contribution in [2.45, 2.75) is 6.54 Å². The fraction of sp³-hybridized carbons (Fsp3) is 0.435. The van der Waals surface area contributed by atoms with Crippen LogP contribution in [-0.4, -0.2) is 92.3 Å². The predicted molar refractivity (Wildman–Crippen MR) is 136 cm³/mol. The number of benzene rings is 1. The first-order valence-corrected chi connectivity index (χ1v) is 13.9. The van der Waals surface area contributed by atoms with E-state index in [-0.39, 0.29) is 0 Å². The van der Waals surface area contributed by atoms with Gasteiger partial charge in [0.1, 0.15) is 0 Å². The number of ether oxygens (including phenoxy) is 1. The van der Waals surface area contributed by atoms with Crippen LogP contribution in [0.3, 0.4) is 0 Å². The van der Waals surface area contributed by atoms with E-state index in [1.165, 1.54) is 4.88 Å². The maximum Gasteiger partial charge on any atom is 0.162 e. The van der Waals surface area contributed by atoms with E-state index in [4.69, 9.17) is 14.7 Å². The third-order valence-electron chi connectivity index (χ3n) is 6.52. The SMILES string of the molecule is CS(=O)N1CCN(Cc2cc3nc(-c4cccc5[nH]ncc45)nc(N4CCOCC4)c3s2)CC1. The molecule has 1 unspecified atom stereocenters. The van der Waals surface area contributed by atoms with Crippen LogP contribution in [0.5, 0.6) is 0 Å². The van der Waals surface area contributed by atoms with Gasteiger partial charge >= 0.3 is 0 Å². The zero-order chi connectivity index (χ0) is 23.1. The maximum atomic E-state index is 11.8. The zero-order valence-corrected chi connectivity index (χ0v) is 20.7. The molecule has 4 aromatic rings. The molecule has 3 aromatic heterocycles. The summed E-state index contributed by atoms with van der Waals surface area (Å²) in [5.74, 6) is 1.72. The van der Waals surface area contributed by atoms with Crippen LogP contribution in [0, 0.1) is 0 Å². The molecule has 5 heterocycles. The van der Waals surface area contributed by atoms with Gasteiger partial charge < -0.3 is 9.64 Å². The summed E-state index contributed by atoms with van der Waals surface area (Å²) in [4.78, 5) is 16.1. The summed E-state index contributed by atoms with van der Waals surface area (Å²) in [5, 5.41) is 8.28. The lowest BCUT2D eigenvalue weighted by molar-refractivity contribution is 0.122. The van der Waals surface area contributed by atoms with Crippen molar-refractivity contribution in [3.8, 4) is 11.4 Å². The van der Waals surface area contributed by atoms with E-state index in [0.717, 1.165) is 84.1 Å².